The fraction of sp³-hybridized carbons (Fsp3) is 0.200. The summed E-state index contributed by atoms with van der Waals surface area (Å²) in [6.07, 6.45) is 0. The quantitative estimate of drug-likeness (QED) is 0.575. The van der Waals surface area contributed by atoms with Crippen molar-refractivity contribution in [3.05, 3.63) is 70.9 Å². The molecule has 0 spiro atoms. The van der Waals surface area contributed by atoms with E-state index < -0.39 is 11.7 Å². The Labute approximate surface area is 171 Å². The van der Waals surface area contributed by atoms with Crippen LogP contribution in [-0.2, 0) is 11.3 Å². The van der Waals surface area contributed by atoms with Gasteiger partial charge in [0.1, 0.15) is 5.82 Å². The fourth-order valence-corrected chi connectivity index (χ4v) is 3.22. The Kier molecular flexibility index (Phi) is 6.61. The zero-order valence-electron chi connectivity index (χ0n) is 15.9. The number of anilines is 1. The molecule has 0 aliphatic rings. The SMILES string of the molecule is Cc1cc(C)cc(NC(=O)CSc2nnc(CNC(=O)c3ccccc3F)o2)c1. The van der Waals surface area contributed by atoms with Gasteiger partial charge in [-0.3, -0.25) is 9.59 Å². The summed E-state index contributed by atoms with van der Waals surface area (Å²) >= 11 is 1.09. The number of benzene rings is 2. The topological polar surface area (TPSA) is 97.1 Å². The van der Waals surface area contributed by atoms with E-state index in [9.17, 15) is 14.0 Å². The van der Waals surface area contributed by atoms with Gasteiger partial charge < -0.3 is 15.1 Å². The number of nitrogens with zero attached hydrogens (tertiary/aromatic N) is 2. The zero-order valence-corrected chi connectivity index (χ0v) is 16.7. The van der Waals surface area contributed by atoms with Crippen molar-refractivity contribution in [2.45, 2.75) is 25.6 Å². The van der Waals surface area contributed by atoms with E-state index >= 15 is 0 Å². The molecule has 9 heteroatoms. The monoisotopic (exact) mass is 414 g/mol. The van der Waals surface area contributed by atoms with Gasteiger partial charge in [0.05, 0.1) is 17.9 Å². The molecule has 29 heavy (non-hydrogen) atoms. The van der Waals surface area contributed by atoms with E-state index in [1.54, 1.807) is 6.07 Å². The van der Waals surface area contributed by atoms with E-state index in [4.69, 9.17) is 4.42 Å². The van der Waals surface area contributed by atoms with Gasteiger partial charge in [0, 0.05) is 5.69 Å². The molecule has 1 heterocycles. The minimum absolute atomic E-state index is 0.0461. The summed E-state index contributed by atoms with van der Waals surface area (Å²) in [5.41, 5.74) is 2.79. The molecule has 0 fully saturated rings. The molecular weight excluding hydrogens is 395 g/mol. The molecule has 2 N–H and O–H groups in total. The van der Waals surface area contributed by atoms with E-state index in [1.807, 2.05) is 32.0 Å². The van der Waals surface area contributed by atoms with Crippen LogP contribution in [0.3, 0.4) is 0 Å². The molecule has 0 saturated heterocycles. The summed E-state index contributed by atoms with van der Waals surface area (Å²) in [7, 11) is 0. The number of carbonyl (C=O) groups is 2. The first-order valence-electron chi connectivity index (χ1n) is 8.77. The van der Waals surface area contributed by atoms with Crippen molar-refractivity contribution in [1.29, 1.82) is 0 Å². The van der Waals surface area contributed by atoms with Crippen LogP contribution in [0.1, 0.15) is 27.4 Å². The zero-order chi connectivity index (χ0) is 20.8. The Bertz CT molecular complexity index is 1020. The highest BCUT2D eigenvalue weighted by Gasteiger charge is 2.14. The first kappa shape index (κ1) is 20.5. The molecule has 0 unspecified atom stereocenters. The van der Waals surface area contributed by atoms with Gasteiger partial charge in [0.2, 0.25) is 11.8 Å². The number of nitrogens with one attached hydrogen (secondary N) is 2. The molecule has 0 saturated carbocycles. The summed E-state index contributed by atoms with van der Waals surface area (Å²) in [5, 5.41) is 13.2. The van der Waals surface area contributed by atoms with E-state index in [1.165, 1.54) is 18.2 Å². The summed E-state index contributed by atoms with van der Waals surface area (Å²) in [6.45, 7) is 3.88. The Hall–Kier alpha value is -3.20. The molecule has 0 aliphatic carbocycles. The van der Waals surface area contributed by atoms with Gasteiger partial charge in [-0.25, -0.2) is 4.39 Å². The number of carbonyl (C=O) groups excluding carboxylic acids is 2. The highest BCUT2D eigenvalue weighted by atomic mass is 32.2. The van der Waals surface area contributed by atoms with Crippen LogP contribution in [0.5, 0.6) is 0 Å². The normalized spacial score (nSPS) is 10.6. The van der Waals surface area contributed by atoms with Crippen molar-refractivity contribution in [3.8, 4) is 0 Å². The Balaban J connectivity index is 1.48. The Morgan fingerprint density at radius 3 is 2.55 bits per heavy atom. The summed E-state index contributed by atoms with van der Waals surface area (Å²) in [5.74, 6) is -1.14. The lowest BCUT2D eigenvalue weighted by atomic mass is 10.1. The number of hydrogen-bond donors (Lipinski definition) is 2. The van der Waals surface area contributed by atoms with Crippen LogP contribution in [0.25, 0.3) is 0 Å². The maximum atomic E-state index is 13.6. The van der Waals surface area contributed by atoms with Crippen molar-refractivity contribution in [3.63, 3.8) is 0 Å². The van der Waals surface area contributed by atoms with E-state index in [0.717, 1.165) is 28.6 Å². The van der Waals surface area contributed by atoms with Gasteiger partial charge >= 0.3 is 0 Å². The number of rotatable bonds is 7. The third-order valence-corrected chi connectivity index (χ3v) is 4.62. The molecule has 0 radical (unpaired) electrons. The summed E-state index contributed by atoms with van der Waals surface area (Å²) < 4.78 is 19.0. The maximum absolute atomic E-state index is 13.6. The van der Waals surface area contributed by atoms with Crippen molar-refractivity contribution in [2.24, 2.45) is 0 Å². The molecule has 2 amide bonds. The Morgan fingerprint density at radius 1 is 1.10 bits per heavy atom. The van der Waals surface area contributed by atoms with Crippen LogP contribution in [-0.4, -0.2) is 27.8 Å². The predicted molar refractivity (Wildman–Crippen MR) is 107 cm³/mol. The number of thioether (sulfide) groups is 1. The minimum atomic E-state index is -0.610. The number of halogens is 1. The Morgan fingerprint density at radius 2 is 1.83 bits per heavy atom. The standard InChI is InChI=1S/C20H19FN4O3S/c1-12-7-13(2)9-14(8-12)23-17(26)11-29-20-25-24-18(28-20)10-22-19(27)15-5-3-4-6-16(15)21/h3-9H,10-11H2,1-2H3,(H,22,27)(H,23,26). The molecule has 3 aromatic rings. The second-order valence-corrected chi connectivity index (χ2v) is 7.26. The van der Waals surface area contributed by atoms with Crippen molar-refractivity contribution >= 4 is 29.3 Å². The number of aromatic nitrogens is 2. The predicted octanol–water partition coefficient (Wildman–Crippen LogP) is 3.49. The molecule has 0 aliphatic heterocycles. The lowest BCUT2D eigenvalue weighted by Crippen LogP contribution is -2.23. The van der Waals surface area contributed by atoms with Gasteiger partial charge in [-0.1, -0.05) is 30.0 Å². The van der Waals surface area contributed by atoms with Crippen LogP contribution in [0.4, 0.5) is 10.1 Å². The lowest BCUT2D eigenvalue weighted by Gasteiger charge is -2.06. The highest BCUT2D eigenvalue weighted by molar-refractivity contribution is 7.99. The van der Waals surface area contributed by atoms with Crippen LogP contribution < -0.4 is 10.6 Å². The molecule has 1 aromatic heterocycles. The van der Waals surface area contributed by atoms with E-state index in [-0.39, 0.29) is 34.9 Å². The number of hydrogen-bond acceptors (Lipinski definition) is 6. The average Bonchev–Trinajstić information content (AvgIpc) is 3.12. The minimum Gasteiger partial charge on any atom is -0.414 e. The largest absolute Gasteiger partial charge is 0.414 e. The van der Waals surface area contributed by atoms with Crippen molar-refractivity contribution in [2.75, 3.05) is 11.1 Å². The number of amides is 2. The molecule has 2 aromatic carbocycles. The molecule has 7 nitrogen and oxygen atoms in total. The highest BCUT2D eigenvalue weighted by Crippen LogP contribution is 2.18. The lowest BCUT2D eigenvalue weighted by molar-refractivity contribution is -0.113. The van der Waals surface area contributed by atoms with Gasteiger partial charge in [-0.2, -0.15) is 0 Å². The van der Waals surface area contributed by atoms with Gasteiger partial charge in [-0.05, 0) is 49.2 Å². The van der Waals surface area contributed by atoms with E-state index in [0.29, 0.717) is 0 Å². The van der Waals surface area contributed by atoms with Crippen LogP contribution >= 0.6 is 11.8 Å². The van der Waals surface area contributed by atoms with Crippen LogP contribution in [0.15, 0.2) is 52.1 Å². The molecular formula is C20H19FN4O3S. The fourth-order valence-electron chi connectivity index (χ4n) is 2.64. The second-order valence-electron chi connectivity index (χ2n) is 6.34. The third-order valence-electron chi connectivity index (χ3n) is 3.80. The first-order chi connectivity index (χ1) is 13.9. The second kappa shape index (κ2) is 9.33. The van der Waals surface area contributed by atoms with Crippen LogP contribution in [0, 0.1) is 19.7 Å². The third kappa shape index (κ3) is 5.89. The molecule has 3 rings (SSSR count). The molecule has 150 valence electrons. The van der Waals surface area contributed by atoms with Crippen molar-refractivity contribution < 1.29 is 18.4 Å². The van der Waals surface area contributed by atoms with Gasteiger partial charge in [0.25, 0.3) is 11.1 Å². The van der Waals surface area contributed by atoms with Crippen molar-refractivity contribution in [1.82, 2.24) is 15.5 Å². The number of aryl methyl sites for hydroxylation is 2. The average molecular weight is 414 g/mol. The van der Waals surface area contributed by atoms with Crippen LogP contribution in [0.2, 0.25) is 0 Å². The van der Waals surface area contributed by atoms with Gasteiger partial charge in [0.15, 0.2) is 0 Å². The van der Waals surface area contributed by atoms with Gasteiger partial charge in [-0.15, -0.1) is 10.2 Å². The maximum Gasteiger partial charge on any atom is 0.277 e. The first-order valence-corrected chi connectivity index (χ1v) is 9.75. The molecule has 0 atom stereocenters. The van der Waals surface area contributed by atoms with E-state index in [2.05, 4.69) is 20.8 Å². The summed E-state index contributed by atoms with van der Waals surface area (Å²) in [6, 6.07) is 11.5. The molecule has 0 bridgehead atoms. The summed E-state index contributed by atoms with van der Waals surface area (Å²) in [4.78, 5) is 24.1. The smallest absolute Gasteiger partial charge is 0.277 e.